The molecule has 3 aromatic carbocycles. The van der Waals surface area contributed by atoms with Gasteiger partial charge in [-0.25, -0.2) is 4.39 Å². The highest BCUT2D eigenvalue weighted by Gasteiger charge is 2.44. The molecular weight excluding hydrogens is 485 g/mol. The monoisotopic (exact) mass is 498 g/mol. The van der Waals surface area contributed by atoms with Crippen LogP contribution in [0.5, 0.6) is 11.5 Å². The molecule has 0 bridgehead atoms. The van der Waals surface area contributed by atoms with Crippen LogP contribution >= 0.6 is 0 Å². The molecule has 35 heavy (non-hydrogen) atoms. The van der Waals surface area contributed by atoms with Crippen LogP contribution in [0.1, 0.15) is 22.3 Å². The van der Waals surface area contributed by atoms with E-state index in [1.54, 1.807) is 6.20 Å². The number of non-ortho nitro benzene ring substituents is 1. The van der Waals surface area contributed by atoms with Crippen molar-refractivity contribution in [2.75, 3.05) is 0 Å². The standard InChI is InChI=1S/C23H13F7N2O3/c24-14-3-1-12(2-4-14)7-13-11-31-20-6-5-16(10-17(13)20)35-21-18(22(25,26)27)8-15(32(33)34)9-19(21)23(28,29)30/h1-6,8-11,31H,7H2. The van der Waals surface area contributed by atoms with E-state index in [0.717, 1.165) is 0 Å². The smallest absolute Gasteiger partial charge is 0.420 e. The number of nitro benzene ring substituents is 1. The normalized spacial score (nSPS) is 12.2. The molecule has 4 rings (SSSR count). The van der Waals surface area contributed by atoms with Crippen LogP contribution < -0.4 is 4.74 Å². The van der Waals surface area contributed by atoms with Crippen LogP contribution in [0.25, 0.3) is 10.9 Å². The number of benzene rings is 3. The molecule has 5 nitrogen and oxygen atoms in total. The number of aromatic amines is 1. The number of hydrogen-bond acceptors (Lipinski definition) is 3. The number of nitrogens with one attached hydrogen (secondary N) is 1. The summed E-state index contributed by atoms with van der Waals surface area (Å²) in [6, 6.07) is 9.42. The number of ether oxygens (including phenoxy) is 1. The maximum absolute atomic E-state index is 13.6. The first-order chi connectivity index (χ1) is 16.3. The van der Waals surface area contributed by atoms with Crippen LogP contribution in [0.3, 0.4) is 0 Å². The number of alkyl halides is 6. The molecule has 0 amide bonds. The van der Waals surface area contributed by atoms with Gasteiger partial charge in [0.25, 0.3) is 5.69 Å². The Morgan fingerprint density at radius 3 is 2.03 bits per heavy atom. The number of nitrogens with zero attached hydrogens (tertiary/aromatic N) is 1. The quantitative estimate of drug-likeness (QED) is 0.175. The summed E-state index contributed by atoms with van der Waals surface area (Å²) < 4.78 is 99.9. The zero-order chi connectivity index (χ0) is 25.5. The SMILES string of the molecule is O=[N+]([O-])c1cc(C(F)(F)F)c(Oc2ccc3[nH]cc(Cc4ccc(F)cc4)c3c2)c(C(F)(F)F)c1. The molecule has 1 aromatic heterocycles. The molecule has 0 aliphatic carbocycles. The molecule has 0 aliphatic heterocycles. The third-order valence-electron chi connectivity index (χ3n) is 5.16. The topological polar surface area (TPSA) is 68.2 Å². The van der Waals surface area contributed by atoms with Gasteiger partial charge < -0.3 is 9.72 Å². The van der Waals surface area contributed by atoms with Crippen molar-refractivity contribution in [1.82, 2.24) is 4.98 Å². The fourth-order valence-electron chi connectivity index (χ4n) is 3.56. The Bertz CT molecular complexity index is 1370. The van der Waals surface area contributed by atoms with Crippen molar-refractivity contribution in [3.05, 3.63) is 99.0 Å². The number of rotatable bonds is 5. The van der Waals surface area contributed by atoms with Gasteiger partial charge in [-0.05, 0) is 47.9 Å². The Labute approximate surface area is 191 Å². The van der Waals surface area contributed by atoms with Crippen molar-refractivity contribution in [1.29, 1.82) is 0 Å². The highest BCUT2D eigenvalue weighted by Crippen LogP contribution is 2.48. The third kappa shape index (κ3) is 5.05. The van der Waals surface area contributed by atoms with Crippen LogP contribution in [0, 0.1) is 15.9 Å². The molecule has 0 atom stereocenters. The Morgan fingerprint density at radius 2 is 1.49 bits per heavy atom. The fourth-order valence-corrected chi connectivity index (χ4v) is 3.56. The highest BCUT2D eigenvalue weighted by molar-refractivity contribution is 5.85. The summed E-state index contributed by atoms with van der Waals surface area (Å²) in [5.41, 5.74) is -3.36. The molecule has 0 fully saturated rings. The minimum Gasteiger partial charge on any atom is -0.456 e. The average Bonchev–Trinajstić information content (AvgIpc) is 3.15. The van der Waals surface area contributed by atoms with Gasteiger partial charge in [-0.15, -0.1) is 0 Å². The van der Waals surface area contributed by atoms with Gasteiger partial charge in [0.15, 0.2) is 5.75 Å². The number of nitro groups is 1. The van der Waals surface area contributed by atoms with Crippen LogP contribution in [0.2, 0.25) is 0 Å². The fraction of sp³-hybridized carbons (Fsp3) is 0.130. The number of fused-ring (bicyclic) bond motifs is 1. The average molecular weight is 498 g/mol. The van der Waals surface area contributed by atoms with Crippen molar-refractivity contribution in [2.24, 2.45) is 0 Å². The van der Waals surface area contributed by atoms with Gasteiger partial charge in [0, 0.05) is 29.2 Å². The molecule has 4 aromatic rings. The van der Waals surface area contributed by atoms with Gasteiger partial charge in [0.1, 0.15) is 22.7 Å². The summed E-state index contributed by atoms with van der Waals surface area (Å²) in [7, 11) is 0. The molecule has 0 saturated carbocycles. The first-order valence-electron chi connectivity index (χ1n) is 9.82. The maximum Gasteiger partial charge on any atom is 0.420 e. The van der Waals surface area contributed by atoms with E-state index in [0.29, 0.717) is 28.5 Å². The number of hydrogen-bond donors (Lipinski definition) is 1. The van der Waals surface area contributed by atoms with E-state index < -0.39 is 45.7 Å². The summed E-state index contributed by atoms with van der Waals surface area (Å²) in [6.07, 6.45) is -8.84. The van der Waals surface area contributed by atoms with Crippen molar-refractivity contribution in [3.8, 4) is 11.5 Å². The molecule has 12 heteroatoms. The lowest BCUT2D eigenvalue weighted by Gasteiger charge is -2.19. The lowest BCUT2D eigenvalue weighted by molar-refractivity contribution is -0.385. The summed E-state index contributed by atoms with van der Waals surface area (Å²) >= 11 is 0. The zero-order valence-corrected chi connectivity index (χ0v) is 17.3. The zero-order valence-electron chi connectivity index (χ0n) is 17.3. The summed E-state index contributed by atoms with van der Waals surface area (Å²) in [4.78, 5) is 12.5. The van der Waals surface area contributed by atoms with E-state index in [4.69, 9.17) is 4.74 Å². The lowest BCUT2D eigenvalue weighted by Crippen LogP contribution is -2.15. The van der Waals surface area contributed by atoms with Crippen LogP contribution in [0.4, 0.5) is 36.4 Å². The third-order valence-corrected chi connectivity index (χ3v) is 5.16. The predicted molar refractivity (Wildman–Crippen MR) is 111 cm³/mol. The van der Waals surface area contributed by atoms with E-state index in [9.17, 15) is 40.8 Å². The van der Waals surface area contributed by atoms with E-state index in [-0.39, 0.29) is 17.9 Å². The number of H-pyrrole nitrogens is 1. The molecule has 0 aliphatic rings. The second-order valence-corrected chi connectivity index (χ2v) is 7.55. The summed E-state index contributed by atoms with van der Waals surface area (Å²) in [5, 5.41) is 11.4. The van der Waals surface area contributed by atoms with E-state index in [2.05, 4.69) is 4.98 Å². The molecule has 0 radical (unpaired) electrons. The van der Waals surface area contributed by atoms with Crippen LogP contribution in [-0.2, 0) is 18.8 Å². The Hall–Kier alpha value is -4.09. The van der Waals surface area contributed by atoms with Gasteiger partial charge in [-0.2, -0.15) is 26.3 Å². The van der Waals surface area contributed by atoms with Crippen LogP contribution in [-0.4, -0.2) is 9.91 Å². The minimum absolute atomic E-state index is 0.000633. The minimum atomic E-state index is -5.37. The molecule has 1 N–H and O–H groups in total. The molecule has 0 unspecified atom stereocenters. The summed E-state index contributed by atoms with van der Waals surface area (Å²) in [5.74, 6) is -2.37. The molecule has 182 valence electrons. The van der Waals surface area contributed by atoms with Crippen molar-refractivity contribution in [3.63, 3.8) is 0 Å². The van der Waals surface area contributed by atoms with Gasteiger partial charge >= 0.3 is 12.4 Å². The second-order valence-electron chi connectivity index (χ2n) is 7.55. The molecular formula is C23H13F7N2O3. The molecule has 0 spiro atoms. The highest BCUT2D eigenvalue weighted by atomic mass is 19.4. The van der Waals surface area contributed by atoms with E-state index >= 15 is 0 Å². The maximum atomic E-state index is 13.6. The summed E-state index contributed by atoms with van der Waals surface area (Å²) in [6.45, 7) is 0. The Morgan fingerprint density at radius 1 is 0.886 bits per heavy atom. The molecule has 1 heterocycles. The van der Waals surface area contributed by atoms with E-state index in [1.165, 1.54) is 42.5 Å². The lowest BCUT2D eigenvalue weighted by atomic mass is 10.0. The van der Waals surface area contributed by atoms with Crippen molar-refractivity contribution >= 4 is 16.6 Å². The predicted octanol–water partition coefficient (Wildman–Crippen LogP) is 7.64. The Balaban J connectivity index is 1.80. The van der Waals surface area contributed by atoms with Crippen molar-refractivity contribution in [2.45, 2.75) is 18.8 Å². The van der Waals surface area contributed by atoms with Gasteiger partial charge in [0.05, 0.1) is 4.92 Å². The van der Waals surface area contributed by atoms with Crippen LogP contribution in [0.15, 0.2) is 60.8 Å². The second kappa shape index (κ2) is 8.60. The first-order valence-corrected chi connectivity index (χ1v) is 9.82. The largest absolute Gasteiger partial charge is 0.456 e. The van der Waals surface area contributed by atoms with Gasteiger partial charge in [0.2, 0.25) is 0 Å². The van der Waals surface area contributed by atoms with Gasteiger partial charge in [-0.1, -0.05) is 12.1 Å². The number of aromatic nitrogens is 1. The molecule has 0 saturated heterocycles. The first kappa shape index (κ1) is 24.0. The van der Waals surface area contributed by atoms with Crippen molar-refractivity contribution < 1.29 is 40.4 Å². The Kier molecular flexibility index (Phi) is 5.91. The number of halogens is 7. The van der Waals surface area contributed by atoms with Gasteiger partial charge in [-0.3, -0.25) is 10.1 Å². The van der Waals surface area contributed by atoms with E-state index in [1.807, 2.05) is 0 Å².